The number of esters is 1. The van der Waals surface area contributed by atoms with Gasteiger partial charge >= 0.3 is 5.97 Å². The topological polar surface area (TPSA) is 46.6 Å². The lowest BCUT2D eigenvalue weighted by molar-refractivity contribution is -0.144. The van der Waals surface area contributed by atoms with Gasteiger partial charge in [0.2, 0.25) is 5.91 Å². The summed E-state index contributed by atoms with van der Waals surface area (Å²) in [5.41, 5.74) is 0.961. The van der Waals surface area contributed by atoms with Gasteiger partial charge in [-0.25, -0.2) is 0 Å². The van der Waals surface area contributed by atoms with Crippen molar-refractivity contribution in [2.24, 2.45) is 5.92 Å². The Labute approximate surface area is 138 Å². The van der Waals surface area contributed by atoms with Gasteiger partial charge in [0.05, 0.1) is 13.0 Å². The van der Waals surface area contributed by atoms with Crippen molar-refractivity contribution in [3.8, 4) is 0 Å². The summed E-state index contributed by atoms with van der Waals surface area (Å²) in [6.45, 7) is 1.11. The normalized spacial score (nSPS) is 21.7. The molecule has 1 aliphatic heterocycles. The maximum absolute atomic E-state index is 11.8. The second-order valence-corrected chi connectivity index (χ2v) is 7.08. The molecule has 21 heavy (non-hydrogen) atoms. The van der Waals surface area contributed by atoms with Crippen LogP contribution in [0.4, 0.5) is 0 Å². The van der Waals surface area contributed by atoms with E-state index in [2.05, 4.69) is 22.6 Å². The van der Waals surface area contributed by atoms with Crippen LogP contribution in [0.25, 0.3) is 0 Å². The minimum absolute atomic E-state index is 0.166. The van der Waals surface area contributed by atoms with Crippen molar-refractivity contribution in [2.75, 3.05) is 13.2 Å². The number of rotatable bonds is 5. The third kappa shape index (κ3) is 3.96. The van der Waals surface area contributed by atoms with Crippen molar-refractivity contribution in [3.63, 3.8) is 0 Å². The third-order valence-electron chi connectivity index (χ3n) is 3.97. The number of halogens is 1. The van der Waals surface area contributed by atoms with Crippen LogP contribution in [-0.2, 0) is 20.7 Å². The summed E-state index contributed by atoms with van der Waals surface area (Å²) in [5.74, 6) is 0.170. The van der Waals surface area contributed by atoms with Crippen LogP contribution in [0.3, 0.4) is 0 Å². The first-order valence-corrected chi connectivity index (χ1v) is 8.39. The number of amides is 1. The van der Waals surface area contributed by atoms with E-state index in [1.165, 1.54) is 0 Å². The number of benzene rings is 1. The molecule has 1 amide bonds. The summed E-state index contributed by atoms with van der Waals surface area (Å²) in [4.78, 5) is 25.6. The Morgan fingerprint density at radius 2 is 2.00 bits per heavy atom. The predicted octanol–water partition coefficient (Wildman–Crippen LogP) is 2.39. The van der Waals surface area contributed by atoms with Gasteiger partial charge in [-0.2, -0.15) is 0 Å². The highest BCUT2D eigenvalue weighted by Crippen LogP contribution is 2.32. The number of likely N-dealkylation sites (tertiary alicyclic amines) is 1. The average molecular weight is 399 g/mol. The molecule has 0 N–H and O–H groups in total. The lowest BCUT2D eigenvalue weighted by Gasteiger charge is -2.15. The first kappa shape index (κ1) is 14.8. The van der Waals surface area contributed by atoms with E-state index in [0.717, 1.165) is 28.5 Å². The Hall–Kier alpha value is -1.11. The molecule has 1 saturated carbocycles. The summed E-state index contributed by atoms with van der Waals surface area (Å²) < 4.78 is 6.48. The summed E-state index contributed by atoms with van der Waals surface area (Å²) in [6.07, 6.45) is 3.08. The van der Waals surface area contributed by atoms with Crippen molar-refractivity contribution in [1.82, 2.24) is 4.90 Å². The van der Waals surface area contributed by atoms with E-state index >= 15 is 0 Å². The summed E-state index contributed by atoms with van der Waals surface area (Å²) in [6, 6.07) is 8.30. The minimum Gasteiger partial charge on any atom is -0.465 e. The van der Waals surface area contributed by atoms with E-state index in [-0.39, 0.29) is 17.8 Å². The smallest absolute Gasteiger partial charge is 0.310 e. The van der Waals surface area contributed by atoms with Crippen LogP contribution in [0.2, 0.25) is 0 Å². The van der Waals surface area contributed by atoms with Gasteiger partial charge in [-0.3, -0.25) is 9.59 Å². The zero-order valence-electron chi connectivity index (χ0n) is 11.8. The van der Waals surface area contributed by atoms with E-state index in [1.807, 2.05) is 29.2 Å². The van der Waals surface area contributed by atoms with Gasteiger partial charge in [0.25, 0.3) is 0 Å². The Balaban J connectivity index is 1.43. The molecule has 1 saturated heterocycles. The molecule has 1 aromatic carbocycles. The van der Waals surface area contributed by atoms with Crippen LogP contribution in [-0.4, -0.2) is 36.0 Å². The molecule has 0 aromatic heterocycles. The molecule has 5 heteroatoms. The molecule has 1 aliphatic carbocycles. The molecule has 0 radical (unpaired) electrons. The summed E-state index contributed by atoms with van der Waals surface area (Å²) in [5, 5.41) is 0. The van der Waals surface area contributed by atoms with E-state index in [0.29, 0.717) is 25.5 Å². The Morgan fingerprint density at radius 3 is 2.67 bits per heavy atom. The predicted molar refractivity (Wildman–Crippen MR) is 86.7 cm³/mol. The fourth-order valence-corrected chi connectivity index (χ4v) is 3.05. The maximum Gasteiger partial charge on any atom is 0.310 e. The molecular formula is C16H18INO3. The molecule has 0 spiro atoms. The van der Waals surface area contributed by atoms with Gasteiger partial charge in [0, 0.05) is 28.5 Å². The zero-order valence-corrected chi connectivity index (χ0v) is 13.9. The lowest BCUT2D eigenvalue weighted by atomic mass is 10.1. The van der Waals surface area contributed by atoms with Gasteiger partial charge in [-0.05, 0) is 53.1 Å². The van der Waals surface area contributed by atoms with Gasteiger partial charge in [0.1, 0.15) is 0 Å². The van der Waals surface area contributed by atoms with Crippen LogP contribution in [0.1, 0.15) is 24.8 Å². The molecular weight excluding hydrogens is 381 g/mol. The molecule has 1 atom stereocenters. The second kappa shape index (κ2) is 6.34. The third-order valence-corrected chi connectivity index (χ3v) is 4.69. The SMILES string of the molecule is O=C(Cc1ccc(I)cc1)OC[C@@H]1CC(=O)N(C2CC2)C1. The van der Waals surface area contributed by atoms with Crippen LogP contribution in [0, 0.1) is 9.49 Å². The molecule has 0 unspecified atom stereocenters. The minimum atomic E-state index is -0.214. The second-order valence-electron chi connectivity index (χ2n) is 5.83. The molecule has 4 nitrogen and oxygen atoms in total. The van der Waals surface area contributed by atoms with E-state index in [4.69, 9.17) is 4.74 Å². The molecule has 3 rings (SSSR count). The quantitative estimate of drug-likeness (QED) is 0.565. The lowest BCUT2D eigenvalue weighted by Crippen LogP contribution is -2.28. The highest BCUT2D eigenvalue weighted by atomic mass is 127. The Bertz CT molecular complexity index is 539. The van der Waals surface area contributed by atoms with Gasteiger partial charge < -0.3 is 9.64 Å². The van der Waals surface area contributed by atoms with Crippen molar-refractivity contribution in [2.45, 2.75) is 31.7 Å². The molecule has 112 valence electrons. The van der Waals surface area contributed by atoms with Gasteiger partial charge in [-0.1, -0.05) is 12.1 Å². The maximum atomic E-state index is 11.8. The van der Waals surface area contributed by atoms with Crippen molar-refractivity contribution < 1.29 is 14.3 Å². The van der Waals surface area contributed by atoms with E-state index in [9.17, 15) is 9.59 Å². The van der Waals surface area contributed by atoms with Gasteiger partial charge in [-0.15, -0.1) is 0 Å². The van der Waals surface area contributed by atoms with Crippen LogP contribution >= 0.6 is 22.6 Å². The number of hydrogen-bond donors (Lipinski definition) is 0. The Kier molecular flexibility index (Phi) is 4.47. The molecule has 1 heterocycles. The summed E-state index contributed by atoms with van der Waals surface area (Å²) >= 11 is 2.23. The number of nitrogens with zero attached hydrogens (tertiary/aromatic N) is 1. The Morgan fingerprint density at radius 1 is 1.29 bits per heavy atom. The van der Waals surface area contributed by atoms with E-state index < -0.39 is 0 Å². The largest absolute Gasteiger partial charge is 0.465 e. The monoisotopic (exact) mass is 399 g/mol. The number of ether oxygens (including phenoxy) is 1. The fraction of sp³-hybridized carbons (Fsp3) is 0.500. The summed E-state index contributed by atoms with van der Waals surface area (Å²) in [7, 11) is 0. The molecule has 0 bridgehead atoms. The first-order chi connectivity index (χ1) is 10.1. The highest BCUT2D eigenvalue weighted by Gasteiger charge is 2.39. The van der Waals surface area contributed by atoms with Crippen molar-refractivity contribution in [1.29, 1.82) is 0 Å². The van der Waals surface area contributed by atoms with Crippen LogP contribution < -0.4 is 0 Å². The molecule has 2 fully saturated rings. The van der Waals surface area contributed by atoms with Gasteiger partial charge in [0.15, 0.2) is 0 Å². The zero-order chi connectivity index (χ0) is 14.8. The molecule has 1 aromatic rings. The van der Waals surface area contributed by atoms with Crippen LogP contribution in [0.15, 0.2) is 24.3 Å². The first-order valence-electron chi connectivity index (χ1n) is 7.31. The van der Waals surface area contributed by atoms with Crippen molar-refractivity contribution >= 4 is 34.5 Å². The molecule has 2 aliphatic rings. The van der Waals surface area contributed by atoms with Crippen molar-refractivity contribution in [3.05, 3.63) is 33.4 Å². The fourth-order valence-electron chi connectivity index (χ4n) is 2.69. The number of carbonyl (C=O) groups is 2. The average Bonchev–Trinajstić information content (AvgIpc) is 3.23. The van der Waals surface area contributed by atoms with Crippen LogP contribution in [0.5, 0.6) is 0 Å². The standard InChI is InChI=1S/C16H18INO3/c17-13-3-1-11(2-4-13)8-16(20)21-10-12-7-15(19)18(9-12)14-5-6-14/h1-4,12,14H,5-10H2/t12-/m1/s1. The number of hydrogen-bond acceptors (Lipinski definition) is 3. The highest BCUT2D eigenvalue weighted by molar-refractivity contribution is 14.1. The van der Waals surface area contributed by atoms with E-state index in [1.54, 1.807) is 0 Å². The number of carbonyl (C=O) groups excluding carboxylic acids is 2.